The first-order valence-corrected chi connectivity index (χ1v) is 10.4. The van der Waals surface area contributed by atoms with Crippen molar-refractivity contribution in [2.24, 2.45) is 4.99 Å². The number of hydrogen-bond acceptors (Lipinski definition) is 4. The van der Waals surface area contributed by atoms with E-state index in [1.807, 2.05) is 26.0 Å². The standard InChI is InChI=1S/C13H22BrN3O2S2.HI/c1-4-15-13(16-9-11-5-6-12(14)20-11)17-10(2)7-8-21(3,18)19;/h5-6,10H,4,7-9H2,1-3H3,(H2,15,16,17);1H. The van der Waals surface area contributed by atoms with Gasteiger partial charge in [0, 0.05) is 23.7 Å². The summed E-state index contributed by atoms with van der Waals surface area (Å²) in [5, 5.41) is 6.40. The van der Waals surface area contributed by atoms with Crippen LogP contribution in [0.3, 0.4) is 0 Å². The SMILES string of the molecule is CCNC(=NCc1ccc(Br)s1)NC(C)CCS(C)(=O)=O.I. The van der Waals surface area contributed by atoms with E-state index in [0.717, 1.165) is 10.3 Å². The van der Waals surface area contributed by atoms with Gasteiger partial charge in [0.15, 0.2) is 5.96 Å². The van der Waals surface area contributed by atoms with Crippen molar-refractivity contribution in [1.29, 1.82) is 0 Å². The molecule has 0 amide bonds. The molecule has 0 radical (unpaired) electrons. The average Bonchev–Trinajstić information content (AvgIpc) is 2.79. The molecule has 0 aliphatic heterocycles. The zero-order valence-electron chi connectivity index (χ0n) is 12.9. The van der Waals surface area contributed by atoms with E-state index in [0.29, 0.717) is 18.9 Å². The van der Waals surface area contributed by atoms with E-state index >= 15 is 0 Å². The van der Waals surface area contributed by atoms with Gasteiger partial charge in [-0.3, -0.25) is 0 Å². The van der Waals surface area contributed by atoms with Crippen LogP contribution in [0.2, 0.25) is 0 Å². The van der Waals surface area contributed by atoms with E-state index in [-0.39, 0.29) is 35.8 Å². The predicted molar refractivity (Wildman–Crippen MR) is 109 cm³/mol. The minimum Gasteiger partial charge on any atom is -0.357 e. The summed E-state index contributed by atoms with van der Waals surface area (Å²) in [6.07, 6.45) is 1.82. The van der Waals surface area contributed by atoms with Crippen molar-refractivity contribution in [3.8, 4) is 0 Å². The van der Waals surface area contributed by atoms with Crippen LogP contribution in [0.15, 0.2) is 20.9 Å². The Kier molecular flexibility index (Phi) is 10.9. The van der Waals surface area contributed by atoms with Gasteiger partial charge in [-0.15, -0.1) is 35.3 Å². The molecule has 22 heavy (non-hydrogen) atoms. The number of nitrogens with zero attached hydrogens (tertiary/aromatic N) is 1. The summed E-state index contributed by atoms with van der Waals surface area (Å²) < 4.78 is 23.5. The fourth-order valence-corrected chi connectivity index (χ4v) is 3.80. The fourth-order valence-electron chi connectivity index (χ4n) is 1.61. The molecule has 2 N–H and O–H groups in total. The number of rotatable bonds is 7. The molecule has 1 heterocycles. The van der Waals surface area contributed by atoms with Gasteiger partial charge in [-0.25, -0.2) is 13.4 Å². The third-order valence-electron chi connectivity index (χ3n) is 2.67. The Bertz CT molecular complexity index is 576. The molecule has 0 saturated heterocycles. The summed E-state index contributed by atoms with van der Waals surface area (Å²) in [6.45, 7) is 5.32. The molecule has 5 nitrogen and oxygen atoms in total. The molecule has 1 rings (SSSR count). The van der Waals surface area contributed by atoms with Crippen LogP contribution in [-0.2, 0) is 16.4 Å². The second-order valence-electron chi connectivity index (χ2n) is 4.86. The van der Waals surface area contributed by atoms with Crippen LogP contribution in [0.4, 0.5) is 0 Å². The Morgan fingerprint density at radius 2 is 2.14 bits per heavy atom. The number of aliphatic imine (C=N–C) groups is 1. The van der Waals surface area contributed by atoms with E-state index in [1.54, 1.807) is 11.3 Å². The summed E-state index contributed by atoms with van der Waals surface area (Å²) in [6, 6.07) is 4.09. The molecular formula is C13H23BrIN3O2S2. The van der Waals surface area contributed by atoms with Crippen LogP contribution in [0.5, 0.6) is 0 Å². The van der Waals surface area contributed by atoms with Gasteiger partial charge in [-0.1, -0.05) is 0 Å². The van der Waals surface area contributed by atoms with Crippen LogP contribution in [0, 0.1) is 0 Å². The molecule has 0 aliphatic carbocycles. The number of thiophene rings is 1. The predicted octanol–water partition coefficient (Wildman–Crippen LogP) is 3.01. The van der Waals surface area contributed by atoms with Crippen LogP contribution >= 0.6 is 51.2 Å². The van der Waals surface area contributed by atoms with Crippen molar-refractivity contribution in [2.75, 3.05) is 18.6 Å². The molecule has 1 aromatic rings. The summed E-state index contributed by atoms with van der Waals surface area (Å²) in [7, 11) is -2.92. The molecule has 0 saturated carbocycles. The summed E-state index contributed by atoms with van der Waals surface area (Å²) >= 11 is 5.09. The van der Waals surface area contributed by atoms with Gasteiger partial charge >= 0.3 is 0 Å². The zero-order valence-corrected chi connectivity index (χ0v) is 18.5. The number of guanidine groups is 1. The molecule has 0 aromatic carbocycles. The van der Waals surface area contributed by atoms with Crippen molar-refractivity contribution in [2.45, 2.75) is 32.9 Å². The number of halogens is 2. The molecule has 1 atom stereocenters. The quantitative estimate of drug-likeness (QED) is 0.327. The van der Waals surface area contributed by atoms with E-state index in [4.69, 9.17) is 0 Å². The van der Waals surface area contributed by atoms with Crippen LogP contribution in [0.25, 0.3) is 0 Å². The molecular weight excluding hydrogens is 501 g/mol. The fraction of sp³-hybridized carbons (Fsp3) is 0.615. The second kappa shape index (κ2) is 10.8. The number of hydrogen-bond donors (Lipinski definition) is 2. The molecule has 0 aliphatic rings. The van der Waals surface area contributed by atoms with E-state index < -0.39 is 9.84 Å². The van der Waals surface area contributed by atoms with Gasteiger partial charge in [0.25, 0.3) is 0 Å². The first kappa shape index (κ1) is 22.1. The average molecular weight is 524 g/mol. The highest BCUT2D eigenvalue weighted by atomic mass is 127. The van der Waals surface area contributed by atoms with Crippen molar-refractivity contribution in [3.63, 3.8) is 0 Å². The Morgan fingerprint density at radius 1 is 1.45 bits per heavy atom. The van der Waals surface area contributed by atoms with Gasteiger partial charge < -0.3 is 10.6 Å². The third kappa shape index (κ3) is 10.0. The third-order valence-corrected chi connectivity index (χ3v) is 5.26. The topological polar surface area (TPSA) is 70.6 Å². The highest BCUT2D eigenvalue weighted by molar-refractivity contribution is 14.0. The van der Waals surface area contributed by atoms with Gasteiger partial charge in [0.2, 0.25) is 0 Å². The Hall–Kier alpha value is 0.130. The summed E-state index contributed by atoms with van der Waals surface area (Å²) in [5.41, 5.74) is 0. The lowest BCUT2D eigenvalue weighted by Crippen LogP contribution is -2.42. The van der Waals surface area contributed by atoms with Crippen LogP contribution in [-0.4, -0.2) is 39.0 Å². The van der Waals surface area contributed by atoms with Gasteiger partial charge in [-0.2, -0.15) is 0 Å². The number of sulfone groups is 1. The number of nitrogens with one attached hydrogen (secondary N) is 2. The van der Waals surface area contributed by atoms with Crippen molar-refractivity contribution in [1.82, 2.24) is 10.6 Å². The first-order valence-electron chi connectivity index (χ1n) is 6.77. The Balaban J connectivity index is 0.00000441. The van der Waals surface area contributed by atoms with E-state index in [2.05, 4.69) is 31.6 Å². The molecule has 0 bridgehead atoms. The van der Waals surface area contributed by atoms with Crippen LogP contribution < -0.4 is 10.6 Å². The largest absolute Gasteiger partial charge is 0.357 e. The lowest BCUT2D eigenvalue weighted by atomic mass is 10.3. The normalized spacial score (nSPS) is 13.4. The first-order chi connectivity index (χ1) is 9.80. The second-order valence-corrected chi connectivity index (χ2v) is 9.67. The Labute approximate surface area is 162 Å². The minimum atomic E-state index is -2.92. The maximum Gasteiger partial charge on any atom is 0.191 e. The van der Waals surface area contributed by atoms with Crippen molar-refractivity contribution < 1.29 is 8.42 Å². The molecule has 0 fully saturated rings. The highest BCUT2D eigenvalue weighted by Crippen LogP contribution is 2.22. The monoisotopic (exact) mass is 523 g/mol. The molecule has 9 heteroatoms. The lowest BCUT2D eigenvalue weighted by Gasteiger charge is -2.17. The Morgan fingerprint density at radius 3 is 2.64 bits per heavy atom. The molecule has 1 unspecified atom stereocenters. The minimum absolute atomic E-state index is 0. The van der Waals surface area contributed by atoms with Gasteiger partial charge in [0.1, 0.15) is 9.84 Å². The smallest absolute Gasteiger partial charge is 0.191 e. The van der Waals surface area contributed by atoms with Crippen LogP contribution in [0.1, 0.15) is 25.1 Å². The maximum absolute atomic E-state index is 11.2. The van der Waals surface area contributed by atoms with E-state index in [1.165, 1.54) is 11.1 Å². The zero-order chi connectivity index (χ0) is 15.9. The van der Waals surface area contributed by atoms with Gasteiger partial charge in [-0.05, 0) is 48.3 Å². The molecule has 0 spiro atoms. The van der Waals surface area contributed by atoms with E-state index in [9.17, 15) is 8.42 Å². The van der Waals surface area contributed by atoms with Crippen molar-refractivity contribution in [3.05, 3.63) is 20.8 Å². The van der Waals surface area contributed by atoms with Gasteiger partial charge in [0.05, 0.1) is 16.1 Å². The summed E-state index contributed by atoms with van der Waals surface area (Å²) in [5.74, 6) is 0.890. The maximum atomic E-state index is 11.2. The lowest BCUT2D eigenvalue weighted by molar-refractivity contribution is 0.581. The highest BCUT2D eigenvalue weighted by Gasteiger charge is 2.09. The molecule has 1 aromatic heterocycles. The molecule has 128 valence electrons. The van der Waals surface area contributed by atoms with Crippen molar-refractivity contribution >= 4 is 67.0 Å². The summed E-state index contributed by atoms with van der Waals surface area (Å²) in [4.78, 5) is 5.69.